The zero-order valence-corrected chi connectivity index (χ0v) is 12.2. The van der Waals surface area contributed by atoms with E-state index in [0.29, 0.717) is 17.5 Å². The standard InChI is InChI=1S/C17H26N2/c1-14-11-18-16(15-7-4-3-5-8-15)12-19(14)13-17(2)9-6-10-17/h3-5,7-8,14,16,18H,6,9-13H2,1-2H3. The average Bonchev–Trinajstić information content (AvgIpc) is 2.40. The highest BCUT2D eigenvalue weighted by Gasteiger charge is 2.36. The van der Waals surface area contributed by atoms with Crippen LogP contribution in [0.15, 0.2) is 30.3 Å². The van der Waals surface area contributed by atoms with Crippen LogP contribution < -0.4 is 5.32 Å². The second-order valence-electron chi connectivity index (χ2n) is 6.81. The highest BCUT2D eigenvalue weighted by Crippen LogP contribution is 2.41. The highest BCUT2D eigenvalue weighted by molar-refractivity contribution is 5.20. The maximum atomic E-state index is 3.70. The van der Waals surface area contributed by atoms with Crippen molar-refractivity contribution < 1.29 is 0 Å². The summed E-state index contributed by atoms with van der Waals surface area (Å²) in [5, 5.41) is 3.70. The van der Waals surface area contributed by atoms with Crippen LogP contribution >= 0.6 is 0 Å². The summed E-state index contributed by atoms with van der Waals surface area (Å²) in [7, 11) is 0. The Morgan fingerprint density at radius 1 is 1.26 bits per heavy atom. The van der Waals surface area contributed by atoms with Crippen LogP contribution in [0, 0.1) is 5.41 Å². The van der Waals surface area contributed by atoms with Gasteiger partial charge in [-0.1, -0.05) is 43.7 Å². The van der Waals surface area contributed by atoms with Gasteiger partial charge in [0.15, 0.2) is 0 Å². The van der Waals surface area contributed by atoms with Gasteiger partial charge in [0.1, 0.15) is 0 Å². The molecule has 1 saturated heterocycles. The van der Waals surface area contributed by atoms with E-state index in [-0.39, 0.29) is 0 Å². The Hall–Kier alpha value is -0.860. The normalized spacial score (nSPS) is 30.8. The fraction of sp³-hybridized carbons (Fsp3) is 0.647. The first kappa shape index (κ1) is 13.1. The molecule has 2 aliphatic rings. The second kappa shape index (κ2) is 5.26. The molecule has 2 nitrogen and oxygen atoms in total. The van der Waals surface area contributed by atoms with E-state index in [1.807, 2.05) is 0 Å². The number of piperazine rings is 1. The molecule has 19 heavy (non-hydrogen) atoms. The molecule has 1 heterocycles. The van der Waals surface area contributed by atoms with Crippen LogP contribution in [0.4, 0.5) is 0 Å². The number of nitrogens with one attached hydrogen (secondary N) is 1. The summed E-state index contributed by atoms with van der Waals surface area (Å²) in [4.78, 5) is 2.70. The summed E-state index contributed by atoms with van der Waals surface area (Å²) >= 11 is 0. The van der Waals surface area contributed by atoms with E-state index in [4.69, 9.17) is 0 Å². The predicted octanol–water partition coefficient (Wildman–Crippen LogP) is 3.21. The Morgan fingerprint density at radius 2 is 2.00 bits per heavy atom. The van der Waals surface area contributed by atoms with Crippen LogP contribution in [-0.2, 0) is 0 Å². The molecule has 1 N–H and O–H groups in total. The molecule has 2 atom stereocenters. The van der Waals surface area contributed by atoms with Gasteiger partial charge in [-0.15, -0.1) is 0 Å². The van der Waals surface area contributed by atoms with E-state index in [1.54, 1.807) is 0 Å². The van der Waals surface area contributed by atoms with Crippen LogP contribution in [0.2, 0.25) is 0 Å². The first-order valence-corrected chi connectivity index (χ1v) is 7.69. The zero-order valence-electron chi connectivity index (χ0n) is 12.2. The minimum atomic E-state index is 0.501. The molecule has 3 rings (SSSR count). The van der Waals surface area contributed by atoms with Gasteiger partial charge in [0.2, 0.25) is 0 Å². The average molecular weight is 258 g/mol. The van der Waals surface area contributed by atoms with Crippen molar-refractivity contribution in [3.8, 4) is 0 Å². The maximum absolute atomic E-state index is 3.70. The molecule has 1 saturated carbocycles. The molecule has 0 amide bonds. The van der Waals surface area contributed by atoms with Crippen molar-refractivity contribution in [2.45, 2.75) is 45.2 Å². The lowest BCUT2D eigenvalue weighted by molar-refractivity contribution is 0.0411. The van der Waals surface area contributed by atoms with Crippen molar-refractivity contribution in [1.29, 1.82) is 0 Å². The third-order valence-electron chi connectivity index (χ3n) is 5.05. The number of hydrogen-bond donors (Lipinski definition) is 1. The van der Waals surface area contributed by atoms with Gasteiger partial charge in [0.05, 0.1) is 0 Å². The molecule has 1 aromatic rings. The van der Waals surface area contributed by atoms with E-state index >= 15 is 0 Å². The summed E-state index contributed by atoms with van der Waals surface area (Å²) in [6, 6.07) is 12.0. The first-order valence-electron chi connectivity index (χ1n) is 7.69. The number of nitrogens with zero attached hydrogens (tertiary/aromatic N) is 1. The van der Waals surface area contributed by atoms with E-state index in [2.05, 4.69) is 54.4 Å². The number of hydrogen-bond acceptors (Lipinski definition) is 2. The Bertz CT molecular complexity index is 411. The molecule has 1 aromatic carbocycles. The monoisotopic (exact) mass is 258 g/mol. The largest absolute Gasteiger partial charge is 0.307 e. The Kier molecular flexibility index (Phi) is 3.64. The van der Waals surface area contributed by atoms with Crippen LogP contribution in [-0.4, -0.2) is 30.6 Å². The lowest BCUT2D eigenvalue weighted by Gasteiger charge is -2.47. The van der Waals surface area contributed by atoms with Crippen molar-refractivity contribution in [3.63, 3.8) is 0 Å². The van der Waals surface area contributed by atoms with Gasteiger partial charge in [0.25, 0.3) is 0 Å². The lowest BCUT2D eigenvalue weighted by atomic mass is 9.70. The minimum Gasteiger partial charge on any atom is -0.307 e. The quantitative estimate of drug-likeness (QED) is 0.895. The van der Waals surface area contributed by atoms with Crippen LogP contribution in [0.3, 0.4) is 0 Å². The number of benzene rings is 1. The van der Waals surface area contributed by atoms with Gasteiger partial charge in [-0.05, 0) is 30.7 Å². The third-order valence-corrected chi connectivity index (χ3v) is 5.05. The molecule has 0 spiro atoms. The molecule has 0 bridgehead atoms. The summed E-state index contributed by atoms with van der Waals surface area (Å²) in [6.45, 7) is 8.36. The van der Waals surface area contributed by atoms with Crippen molar-refractivity contribution in [2.75, 3.05) is 19.6 Å². The molecule has 1 aliphatic carbocycles. The van der Waals surface area contributed by atoms with Crippen LogP contribution in [0.1, 0.15) is 44.7 Å². The summed E-state index contributed by atoms with van der Waals surface area (Å²) in [5.74, 6) is 0. The molecule has 1 aliphatic heterocycles. The molecule has 2 heteroatoms. The Labute approximate surface area is 117 Å². The van der Waals surface area contributed by atoms with Crippen LogP contribution in [0.25, 0.3) is 0 Å². The fourth-order valence-electron chi connectivity index (χ4n) is 3.48. The summed E-state index contributed by atoms with van der Waals surface area (Å²) in [6.07, 6.45) is 4.26. The molecular weight excluding hydrogens is 232 g/mol. The van der Waals surface area contributed by atoms with Crippen molar-refractivity contribution in [3.05, 3.63) is 35.9 Å². The topological polar surface area (TPSA) is 15.3 Å². The van der Waals surface area contributed by atoms with Crippen molar-refractivity contribution in [1.82, 2.24) is 10.2 Å². The highest BCUT2D eigenvalue weighted by atomic mass is 15.2. The molecule has 0 aromatic heterocycles. The van der Waals surface area contributed by atoms with Gasteiger partial charge in [0, 0.05) is 31.7 Å². The molecule has 2 fully saturated rings. The Morgan fingerprint density at radius 3 is 2.63 bits per heavy atom. The third kappa shape index (κ3) is 2.85. The van der Waals surface area contributed by atoms with Crippen LogP contribution in [0.5, 0.6) is 0 Å². The van der Waals surface area contributed by atoms with Gasteiger partial charge < -0.3 is 5.32 Å². The SMILES string of the molecule is CC1CNC(c2ccccc2)CN1CC1(C)CCC1. The smallest absolute Gasteiger partial charge is 0.0449 e. The predicted molar refractivity (Wildman–Crippen MR) is 80.2 cm³/mol. The minimum absolute atomic E-state index is 0.501. The summed E-state index contributed by atoms with van der Waals surface area (Å²) in [5.41, 5.74) is 2.02. The fourth-order valence-corrected chi connectivity index (χ4v) is 3.48. The number of rotatable bonds is 3. The van der Waals surface area contributed by atoms with Gasteiger partial charge in [-0.25, -0.2) is 0 Å². The van der Waals surface area contributed by atoms with E-state index < -0.39 is 0 Å². The molecule has 104 valence electrons. The zero-order chi connectivity index (χ0) is 13.3. The van der Waals surface area contributed by atoms with Crippen molar-refractivity contribution >= 4 is 0 Å². The van der Waals surface area contributed by atoms with E-state index in [9.17, 15) is 0 Å². The summed E-state index contributed by atoms with van der Waals surface area (Å²) < 4.78 is 0. The maximum Gasteiger partial charge on any atom is 0.0449 e. The van der Waals surface area contributed by atoms with E-state index in [1.165, 1.54) is 31.4 Å². The van der Waals surface area contributed by atoms with Gasteiger partial charge in [-0.2, -0.15) is 0 Å². The molecule has 2 unspecified atom stereocenters. The second-order valence-corrected chi connectivity index (χ2v) is 6.81. The van der Waals surface area contributed by atoms with E-state index in [0.717, 1.165) is 13.1 Å². The van der Waals surface area contributed by atoms with Gasteiger partial charge in [-0.3, -0.25) is 4.90 Å². The molecular formula is C17H26N2. The van der Waals surface area contributed by atoms with Crippen molar-refractivity contribution in [2.24, 2.45) is 5.41 Å². The lowest BCUT2D eigenvalue weighted by Crippen LogP contribution is -2.54. The van der Waals surface area contributed by atoms with Gasteiger partial charge >= 0.3 is 0 Å². The Balaban J connectivity index is 1.67. The molecule has 0 radical (unpaired) electrons. The first-order chi connectivity index (χ1) is 9.16.